The Labute approximate surface area is 109 Å². The van der Waals surface area contributed by atoms with Crippen LogP contribution in [0.1, 0.15) is 31.4 Å². The van der Waals surface area contributed by atoms with Crippen molar-refractivity contribution in [3.63, 3.8) is 0 Å². The number of benzene rings is 2. The Balaban J connectivity index is 2.58. The molecule has 2 aromatic carbocycles. The highest BCUT2D eigenvalue weighted by Crippen LogP contribution is 2.32. The van der Waals surface area contributed by atoms with Crippen molar-refractivity contribution < 1.29 is 4.74 Å². The van der Waals surface area contributed by atoms with E-state index in [0.29, 0.717) is 6.04 Å². The number of ether oxygens (including phenoxy) is 1. The molecule has 0 spiro atoms. The first-order valence-electron chi connectivity index (χ1n) is 6.54. The first-order chi connectivity index (χ1) is 8.81. The van der Waals surface area contributed by atoms with Gasteiger partial charge in [0, 0.05) is 11.4 Å². The van der Waals surface area contributed by atoms with Gasteiger partial charge >= 0.3 is 0 Å². The summed E-state index contributed by atoms with van der Waals surface area (Å²) < 4.78 is 5.44. The highest BCUT2D eigenvalue weighted by Gasteiger charge is 2.13. The van der Waals surface area contributed by atoms with Crippen LogP contribution in [0.25, 0.3) is 10.8 Å². The largest absolute Gasteiger partial charge is 0.496 e. The molecule has 2 aromatic rings. The molecule has 18 heavy (non-hydrogen) atoms. The van der Waals surface area contributed by atoms with Crippen LogP contribution in [0.5, 0.6) is 5.75 Å². The SMILES string of the molecule is CCCC(NC)c1ccc(OC)c2ccccc12. The van der Waals surface area contributed by atoms with E-state index in [9.17, 15) is 0 Å². The molecular weight excluding hydrogens is 222 g/mol. The molecule has 0 saturated carbocycles. The third-order valence-electron chi connectivity index (χ3n) is 3.44. The molecule has 2 nitrogen and oxygen atoms in total. The average molecular weight is 243 g/mol. The predicted molar refractivity (Wildman–Crippen MR) is 77.2 cm³/mol. The molecule has 2 rings (SSSR count). The van der Waals surface area contributed by atoms with E-state index >= 15 is 0 Å². The summed E-state index contributed by atoms with van der Waals surface area (Å²) in [6.45, 7) is 2.22. The number of hydrogen-bond acceptors (Lipinski definition) is 2. The Morgan fingerprint density at radius 3 is 2.44 bits per heavy atom. The average Bonchev–Trinajstić information content (AvgIpc) is 2.44. The van der Waals surface area contributed by atoms with Crippen molar-refractivity contribution in [3.8, 4) is 5.75 Å². The normalized spacial score (nSPS) is 12.6. The summed E-state index contributed by atoms with van der Waals surface area (Å²) in [4.78, 5) is 0. The fourth-order valence-electron chi connectivity index (χ4n) is 2.52. The number of hydrogen-bond donors (Lipinski definition) is 1. The quantitative estimate of drug-likeness (QED) is 0.859. The lowest BCUT2D eigenvalue weighted by Crippen LogP contribution is -2.16. The smallest absolute Gasteiger partial charge is 0.126 e. The zero-order valence-corrected chi connectivity index (χ0v) is 11.4. The molecule has 0 amide bonds. The first-order valence-corrected chi connectivity index (χ1v) is 6.54. The van der Waals surface area contributed by atoms with Gasteiger partial charge in [-0.05, 0) is 30.5 Å². The summed E-state index contributed by atoms with van der Waals surface area (Å²) in [6, 6.07) is 13.1. The lowest BCUT2D eigenvalue weighted by Gasteiger charge is -2.19. The van der Waals surface area contributed by atoms with E-state index in [1.807, 2.05) is 7.05 Å². The summed E-state index contributed by atoms with van der Waals surface area (Å²) >= 11 is 0. The third kappa shape index (κ3) is 2.34. The van der Waals surface area contributed by atoms with Crippen molar-refractivity contribution in [2.75, 3.05) is 14.2 Å². The van der Waals surface area contributed by atoms with Gasteiger partial charge < -0.3 is 10.1 Å². The molecule has 0 aliphatic rings. The first kappa shape index (κ1) is 12.9. The molecular formula is C16H21NO. The van der Waals surface area contributed by atoms with Crippen molar-refractivity contribution in [2.45, 2.75) is 25.8 Å². The molecule has 0 bridgehead atoms. The predicted octanol–water partition coefficient (Wildman–Crippen LogP) is 3.91. The van der Waals surface area contributed by atoms with E-state index in [0.717, 1.165) is 12.2 Å². The summed E-state index contributed by atoms with van der Waals surface area (Å²) in [7, 11) is 3.75. The van der Waals surface area contributed by atoms with E-state index in [2.05, 4.69) is 48.6 Å². The van der Waals surface area contributed by atoms with E-state index < -0.39 is 0 Å². The van der Waals surface area contributed by atoms with Gasteiger partial charge in [0.05, 0.1) is 7.11 Å². The number of rotatable bonds is 5. The molecule has 1 atom stereocenters. The molecule has 2 heteroatoms. The second-order valence-electron chi connectivity index (χ2n) is 4.53. The molecule has 0 aliphatic heterocycles. The highest BCUT2D eigenvalue weighted by molar-refractivity contribution is 5.91. The molecule has 96 valence electrons. The molecule has 1 N–H and O–H groups in total. The summed E-state index contributed by atoms with van der Waals surface area (Å²) in [5, 5.41) is 5.88. The summed E-state index contributed by atoms with van der Waals surface area (Å²) in [5.74, 6) is 0.945. The third-order valence-corrected chi connectivity index (χ3v) is 3.44. The van der Waals surface area contributed by atoms with Crippen LogP contribution in [0.15, 0.2) is 36.4 Å². The van der Waals surface area contributed by atoms with Crippen molar-refractivity contribution in [2.24, 2.45) is 0 Å². The van der Waals surface area contributed by atoms with Gasteiger partial charge in [0.15, 0.2) is 0 Å². The second kappa shape index (κ2) is 5.87. The molecule has 0 fully saturated rings. The number of fused-ring (bicyclic) bond motifs is 1. The van der Waals surface area contributed by atoms with Crippen molar-refractivity contribution in [3.05, 3.63) is 42.0 Å². The van der Waals surface area contributed by atoms with Crippen LogP contribution in [0, 0.1) is 0 Å². The van der Waals surface area contributed by atoms with Gasteiger partial charge in [-0.2, -0.15) is 0 Å². The molecule has 0 saturated heterocycles. The van der Waals surface area contributed by atoms with Crippen LogP contribution in [-0.4, -0.2) is 14.2 Å². The van der Waals surface area contributed by atoms with Crippen LogP contribution in [0.4, 0.5) is 0 Å². The fourth-order valence-corrected chi connectivity index (χ4v) is 2.52. The molecule has 0 heterocycles. The van der Waals surface area contributed by atoms with Gasteiger partial charge in [0.1, 0.15) is 5.75 Å². The number of methoxy groups -OCH3 is 1. The highest BCUT2D eigenvalue weighted by atomic mass is 16.5. The van der Waals surface area contributed by atoms with Crippen molar-refractivity contribution >= 4 is 10.8 Å². The van der Waals surface area contributed by atoms with E-state index in [1.54, 1.807) is 7.11 Å². The van der Waals surface area contributed by atoms with Crippen LogP contribution in [-0.2, 0) is 0 Å². The Morgan fingerprint density at radius 1 is 1.11 bits per heavy atom. The van der Waals surface area contributed by atoms with Crippen molar-refractivity contribution in [1.82, 2.24) is 5.32 Å². The topological polar surface area (TPSA) is 21.3 Å². The van der Waals surface area contributed by atoms with Gasteiger partial charge in [-0.1, -0.05) is 43.7 Å². The van der Waals surface area contributed by atoms with Crippen LogP contribution >= 0.6 is 0 Å². The lowest BCUT2D eigenvalue weighted by molar-refractivity contribution is 0.419. The monoisotopic (exact) mass is 243 g/mol. The van der Waals surface area contributed by atoms with E-state index in [4.69, 9.17) is 4.74 Å². The van der Waals surface area contributed by atoms with Gasteiger partial charge in [0.25, 0.3) is 0 Å². The minimum atomic E-state index is 0.408. The lowest BCUT2D eigenvalue weighted by atomic mass is 9.95. The van der Waals surface area contributed by atoms with Crippen LogP contribution < -0.4 is 10.1 Å². The maximum Gasteiger partial charge on any atom is 0.126 e. The second-order valence-corrected chi connectivity index (χ2v) is 4.53. The van der Waals surface area contributed by atoms with Crippen LogP contribution in [0.3, 0.4) is 0 Å². The molecule has 0 radical (unpaired) electrons. The number of nitrogens with one attached hydrogen (secondary N) is 1. The van der Waals surface area contributed by atoms with Crippen molar-refractivity contribution in [1.29, 1.82) is 0 Å². The fraction of sp³-hybridized carbons (Fsp3) is 0.375. The van der Waals surface area contributed by atoms with Gasteiger partial charge in [-0.15, -0.1) is 0 Å². The van der Waals surface area contributed by atoms with Gasteiger partial charge in [0.2, 0.25) is 0 Å². The maximum absolute atomic E-state index is 5.44. The Kier molecular flexibility index (Phi) is 4.21. The van der Waals surface area contributed by atoms with E-state index in [1.165, 1.54) is 22.8 Å². The minimum absolute atomic E-state index is 0.408. The molecule has 1 unspecified atom stereocenters. The Bertz CT molecular complexity index is 521. The Morgan fingerprint density at radius 2 is 1.83 bits per heavy atom. The maximum atomic E-state index is 5.44. The summed E-state index contributed by atoms with van der Waals surface area (Å²) in [6.07, 6.45) is 2.32. The zero-order valence-electron chi connectivity index (χ0n) is 11.4. The van der Waals surface area contributed by atoms with Crippen LogP contribution in [0.2, 0.25) is 0 Å². The summed E-state index contributed by atoms with van der Waals surface area (Å²) in [5.41, 5.74) is 1.36. The zero-order chi connectivity index (χ0) is 13.0. The standard InChI is InChI=1S/C16H21NO/c1-4-7-15(17-2)13-10-11-16(18-3)14-9-6-5-8-12(13)14/h5-6,8-11,15,17H,4,7H2,1-3H3. The van der Waals surface area contributed by atoms with Gasteiger partial charge in [-0.25, -0.2) is 0 Å². The van der Waals surface area contributed by atoms with Gasteiger partial charge in [-0.3, -0.25) is 0 Å². The minimum Gasteiger partial charge on any atom is -0.496 e. The molecule has 0 aromatic heterocycles. The van der Waals surface area contributed by atoms with E-state index in [-0.39, 0.29) is 0 Å². The molecule has 0 aliphatic carbocycles. The Hall–Kier alpha value is -1.54.